The molecule has 1 aliphatic rings. The molecule has 0 spiro atoms. The number of aliphatic carboxylic acids is 1. The van der Waals surface area contributed by atoms with E-state index in [0.29, 0.717) is 12.1 Å². The van der Waals surface area contributed by atoms with Crippen molar-refractivity contribution in [3.63, 3.8) is 0 Å². The lowest BCUT2D eigenvalue weighted by Crippen LogP contribution is -2.43. The molecular formula is C24H17ClF5NO5S. The van der Waals surface area contributed by atoms with Gasteiger partial charge in [-0.15, -0.1) is 0 Å². The van der Waals surface area contributed by atoms with Gasteiger partial charge in [-0.3, -0.25) is 9.10 Å². The first kappa shape index (κ1) is 26.7. The first-order valence-electron chi connectivity index (χ1n) is 10.6. The summed E-state index contributed by atoms with van der Waals surface area (Å²) < 4.78 is 101. The zero-order chi connectivity index (χ0) is 27.1. The molecule has 0 amide bonds. The number of carbonyl (C=O) groups is 1. The highest BCUT2D eigenvalue weighted by Crippen LogP contribution is 2.42. The average molecular weight is 562 g/mol. The SMILES string of the molecule is O=C(O)CCC1CN(S(=O)(=O)c2cccc(C(F)(F)F)c2)c2cc(-c3cc(F)cc(F)c3Cl)ccc2O1. The Kier molecular flexibility index (Phi) is 7.08. The van der Waals surface area contributed by atoms with Gasteiger partial charge in [0.25, 0.3) is 10.0 Å². The van der Waals surface area contributed by atoms with Gasteiger partial charge in [0.2, 0.25) is 0 Å². The molecule has 196 valence electrons. The summed E-state index contributed by atoms with van der Waals surface area (Å²) in [5, 5.41) is 8.59. The highest BCUT2D eigenvalue weighted by Gasteiger charge is 2.37. The second-order valence-corrected chi connectivity index (χ2v) is 10.4. The van der Waals surface area contributed by atoms with Crippen molar-refractivity contribution in [2.75, 3.05) is 10.8 Å². The number of halogens is 6. The Balaban J connectivity index is 1.85. The third-order valence-electron chi connectivity index (χ3n) is 5.62. The number of nitrogens with zero attached hydrogens (tertiary/aromatic N) is 1. The van der Waals surface area contributed by atoms with Crippen LogP contribution in [0.2, 0.25) is 5.02 Å². The summed E-state index contributed by atoms with van der Waals surface area (Å²) in [7, 11) is -4.63. The zero-order valence-corrected chi connectivity index (χ0v) is 20.2. The van der Waals surface area contributed by atoms with Crippen LogP contribution >= 0.6 is 11.6 Å². The molecule has 1 atom stereocenters. The van der Waals surface area contributed by atoms with Gasteiger partial charge >= 0.3 is 12.1 Å². The lowest BCUT2D eigenvalue weighted by Gasteiger charge is -2.36. The third kappa shape index (κ3) is 5.49. The highest BCUT2D eigenvalue weighted by atomic mass is 35.5. The maximum Gasteiger partial charge on any atom is 0.416 e. The predicted molar refractivity (Wildman–Crippen MR) is 124 cm³/mol. The molecule has 3 aromatic carbocycles. The summed E-state index contributed by atoms with van der Waals surface area (Å²) in [5.41, 5.74) is -1.28. The van der Waals surface area contributed by atoms with Crippen molar-refractivity contribution in [1.29, 1.82) is 0 Å². The number of rotatable bonds is 6. The molecule has 4 rings (SSSR count). The van der Waals surface area contributed by atoms with E-state index >= 15 is 0 Å². The number of fused-ring (bicyclic) bond motifs is 1. The van der Waals surface area contributed by atoms with Gasteiger partial charge in [-0.05, 0) is 48.4 Å². The van der Waals surface area contributed by atoms with Crippen molar-refractivity contribution in [2.24, 2.45) is 0 Å². The van der Waals surface area contributed by atoms with E-state index in [9.17, 15) is 35.2 Å². The number of carboxylic acid groups (broad SMARTS) is 1. The van der Waals surface area contributed by atoms with Crippen molar-refractivity contribution in [3.8, 4) is 16.9 Å². The topological polar surface area (TPSA) is 83.9 Å². The Hall–Kier alpha value is -3.38. The highest BCUT2D eigenvalue weighted by molar-refractivity contribution is 7.92. The molecule has 1 unspecified atom stereocenters. The maximum absolute atomic E-state index is 14.0. The van der Waals surface area contributed by atoms with Gasteiger partial charge in [-0.25, -0.2) is 17.2 Å². The fraction of sp³-hybridized carbons (Fsp3) is 0.208. The van der Waals surface area contributed by atoms with Crippen LogP contribution in [0.1, 0.15) is 18.4 Å². The molecule has 0 radical (unpaired) electrons. The molecule has 0 saturated heterocycles. The van der Waals surface area contributed by atoms with Gasteiger partial charge in [0.1, 0.15) is 23.5 Å². The number of alkyl halides is 3. The molecule has 6 nitrogen and oxygen atoms in total. The molecule has 1 N–H and O–H groups in total. The van der Waals surface area contributed by atoms with E-state index in [-0.39, 0.29) is 35.4 Å². The van der Waals surface area contributed by atoms with E-state index in [1.165, 1.54) is 18.2 Å². The Morgan fingerprint density at radius 1 is 1.11 bits per heavy atom. The third-order valence-corrected chi connectivity index (χ3v) is 7.78. The number of anilines is 1. The zero-order valence-electron chi connectivity index (χ0n) is 18.6. The van der Waals surface area contributed by atoms with Gasteiger partial charge in [0.05, 0.1) is 27.7 Å². The maximum atomic E-state index is 14.0. The van der Waals surface area contributed by atoms with Crippen LogP contribution in [0.25, 0.3) is 11.1 Å². The Morgan fingerprint density at radius 3 is 2.51 bits per heavy atom. The molecular weight excluding hydrogens is 545 g/mol. The van der Waals surface area contributed by atoms with Crippen molar-refractivity contribution < 1.29 is 45.0 Å². The van der Waals surface area contributed by atoms with Crippen LogP contribution in [0.4, 0.5) is 27.6 Å². The first-order chi connectivity index (χ1) is 17.3. The molecule has 3 aromatic rings. The van der Waals surface area contributed by atoms with E-state index < -0.39 is 61.9 Å². The summed E-state index contributed by atoms with van der Waals surface area (Å²) in [6.45, 7) is -0.423. The normalized spacial score (nSPS) is 15.7. The molecule has 13 heteroatoms. The quantitative estimate of drug-likeness (QED) is 0.289. The van der Waals surface area contributed by atoms with E-state index in [0.717, 1.165) is 28.6 Å². The lowest BCUT2D eigenvalue weighted by atomic mass is 10.0. The van der Waals surface area contributed by atoms with Crippen molar-refractivity contribution >= 4 is 33.3 Å². The number of hydrogen-bond acceptors (Lipinski definition) is 4. The van der Waals surface area contributed by atoms with Crippen LogP contribution in [0.5, 0.6) is 5.75 Å². The van der Waals surface area contributed by atoms with Gasteiger partial charge in [-0.2, -0.15) is 13.2 Å². The first-order valence-corrected chi connectivity index (χ1v) is 12.5. The summed E-state index contributed by atoms with van der Waals surface area (Å²) >= 11 is 5.99. The largest absolute Gasteiger partial charge is 0.486 e. The lowest BCUT2D eigenvalue weighted by molar-refractivity contribution is -0.138. The second-order valence-electron chi connectivity index (χ2n) is 8.17. The van der Waals surface area contributed by atoms with Crippen LogP contribution in [0, 0.1) is 11.6 Å². The minimum Gasteiger partial charge on any atom is -0.486 e. The van der Waals surface area contributed by atoms with E-state index in [1.807, 2.05) is 0 Å². The minimum atomic E-state index is -4.80. The van der Waals surface area contributed by atoms with Crippen LogP contribution < -0.4 is 9.04 Å². The van der Waals surface area contributed by atoms with E-state index in [1.54, 1.807) is 0 Å². The fourth-order valence-corrected chi connectivity index (χ4v) is 5.63. The molecule has 0 aliphatic carbocycles. The summed E-state index contributed by atoms with van der Waals surface area (Å²) in [5.74, 6) is -3.16. The Morgan fingerprint density at radius 2 is 1.84 bits per heavy atom. The van der Waals surface area contributed by atoms with Crippen molar-refractivity contribution in [1.82, 2.24) is 0 Å². The van der Waals surface area contributed by atoms with E-state index in [2.05, 4.69) is 0 Å². The minimum absolute atomic E-state index is 0.0195. The number of sulfonamides is 1. The number of ether oxygens (including phenoxy) is 1. The summed E-state index contributed by atoms with van der Waals surface area (Å²) in [4.78, 5) is 10.4. The fourth-order valence-electron chi connectivity index (χ4n) is 3.87. The van der Waals surface area contributed by atoms with Crippen LogP contribution in [-0.2, 0) is 21.0 Å². The molecule has 0 bridgehead atoms. The van der Waals surface area contributed by atoms with Crippen molar-refractivity contribution in [3.05, 3.63) is 76.8 Å². The molecule has 37 heavy (non-hydrogen) atoms. The number of carboxylic acids is 1. The standard InChI is InChI=1S/C24H17ClF5NO5S/c25-23-18(10-15(26)11-19(23)27)13-4-6-21-20(8-13)31(12-16(36-21)5-7-22(32)33)37(34,35)17-3-1-2-14(9-17)24(28,29)30/h1-4,6,8-11,16H,5,7,12H2,(H,32,33). The Labute approximate surface area is 212 Å². The number of benzene rings is 3. The molecule has 0 aromatic heterocycles. The number of hydrogen-bond donors (Lipinski definition) is 1. The summed E-state index contributed by atoms with van der Waals surface area (Å²) in [6.07, 6.45) is -6.19. The van der Waals surface area contributed by atoms with Crippen LogP contribution in [0.15, 0.2) is 59.5 Å². The Bertz CT molecular complexity index is 1480. The van der Waals surface area contributed by atoms with Gasteiger partial charge in [0.15, 0.2) is 0 Å². The predicted octanol–water partition coefficient (Wildman–Crippen LogP) is 6.13. The summed E-state index contributed by atoms with van der Waals surface area (Å²) in [6, 6.07) is 8.58. The molecule has 0 fully saturated rings. The van der Waals surface area contributed by atoms with Gasteiger partial charge < -0.3 is 9.84 Å². The van der Waals surface area contributed by atoms with Crippen LogP contribution in [-0.4, -0.2) is 32.1 Å². The molecule has 1 heterocycles. The van der Waals surface area contributed by atoms with Crippen molar-refractivity contribution in [2.45, 2.75) is 30.0 Å². The monoisotopic (exact) mass is 561 g/mol. The molecule has 0 saturated carbocycles. The smallest absolute Gasteiger partial charge is 0.416 e. The molecule has 1 aliphatic heterocycles. The average Bonchev–Trinajstić information content (AvgIpc) is 2.83. The van der Waals surface area contributed by atoms with Crippen LogP contribution in [0.3, 0.4) is 0 Å². The second kappa shape index (κ2) is 9.82. The van der Waals surface area contributed by atoms with E-state index in [4.69, 9.17) is 21.4 Å². The van der Waals surface area contributed by atoms with Gasteiger partial charge in [0, 0.05) is 18.1 Å². The van der Waals surface area contributed by atoms with Gasteiger partial charge in [-0.1, -0.05) is 23.7 Å².